The molecule has 2 heteroatoms. The van der Waals surface area contributed by atoms with Crippen LogP contribution >= 0.6 is 0 Å². The molecule has 16 heavy (non-hydrogen) atoms. The van der Waals surface area contributed by atoms with Crippen molar-refractivity contribution in [1.29, 1.82) is 0 Å². The highest BCUT2D eigenvalue weighted by Crippen LogP contribution is 2.39. The topological polar surface area (TPSA) is 23.5 Å². The van der Waals surface area contributed by atoms with Crippen LogP contribution < -0.4 is 0 Å². The lowest BCUT2D eigenvalue weighted by Crippen LogP contribution is -2.50. The van der Waals surface area contributed by atoms with E-state index in [1.54, 1.807) is 0 Å². The zero-order valence-electron chi connectivity index (χ0n) is 10.3. The summed E-state index contributed by atoms with van der Waals surface area (Å²) in [7, 11) is 0. The van der Waals surface area contributed by atoms with Gasteiger partial charge in [-0.25, -0.2) is 0 Å². The van der Waals surface area contributed by atoms with E-state index in [1.807, 2.05) is 0 Å². The minimum Gasteiger partial charge on any atom is -0.393 e. The number of nitrogens with zero attached hydrogens (tertiary/aromatic N) is 1. The summed E-state index contributed by atoms with van der Waals surface area (Å²) >= 11 is 0. The van der Waals surface area contributed by atoms with Crippen LogP contribution in [0.5, 0.6) is 0 Å². The Bertz CT molecular complexity index is 243. The van der Waals surface area contributed by atoms with Crippen LogP contribution in [-0.4, -0.2) is 34.7 Å². The molecule has 0 aromatic rings. The molecular formula is C14H25NO. The monoisotopic (exact) mass is 223 g/mol. The van der Waals surface area contributed by atoms with E-state index >= 15 is 0 Å². The zero-order chi connectivity index (χ0) is 11.0. The van der Waals surface area contributed by atoms with Gasteiger partial charge in [-0.15, -0.1) is 0 Å². The molecule has 2 aliphatic carbocycles. The van der Waals surface area contributed by atoms with Crippen LogP contribution in [0, 0.1) is 5.92 Å². The molecule has 0 radical (unpaired) electrons. The smallest absolute Gasteiger partial charge is 0.0555 e. The van der Waals surface area contributed by atoms with Gasteiger partial charge < -0.3 is 5.11 Å². The van der Waals surface area contributed by atoms with E-state index in [1.165, 1.54) is 51.5 Å². The Hall–Kier alpha value is -0.0800. The van der Waals surface area contributed by atoms with Gasteiger partial charge in [0.25, 0.3) is 0 Å². The third-order valence-corrected chi connectivity index (χ3v) is 5.12. The maximum Gasteiger partial charge on any atom is 0.0555 e. The number of rotatable bonds is 1. The average Bonchev–Trinajstić information content (AvgIpc) is 2.76. The van der Waals surface area contributed by atoms with E-state index in [9.17, 15) is 5.11 Å². The first-order valence-corrected chi connectivity index (χ1v) is 7.28. The van der Waals surface area contributed by atoms with Crippen molar-refractivity contribution in [1.82, 2.24) is 4.90 Å². The predicted octanol–water partition coefficient (Wildman–Crippen LogP) is 2.55. The van der Waals surface area contributed by atoms with Gasteiger partial charge in [-0.2, -0.15) is 0 Å². The molecule has 0 spiro atoms. The lowest BCUT2D eigenvalue weighted by Gasteiger charge is -2.45. The highest BCUT2D eigenvalue weighted by Gasteiger charge is 2.39. The Morgan fingerprint density at radius 1 is 0.875 bits per heavy atom. The van der Waals surface area contributed by atoms with E-state index in [0.717, 1.165) is 24.8 Å². The van der Waals surface area contributed by atoms with Crippen molar-refractivity contribution in [3.8, 4) is 0 Å². The van der Waals surface area contributed by atoms with Gasteiger partial charge in [-0.05, 0) is 63.8 Å². The molecule has 0 aromatic carbocycles. The van der Waals surface area contributed by atoms with E-state index in [4.69, 9.17) is 0 Å². The van der Waals surface area contributed by atoms with Crippen LogP contribution in [0.1, 0.15) is 57.8 Å². The summed E-state index contributed by atoms with van der Waals surface area (Å²) < 4.78 is 0. The molecular weight excluding hydrogens is 198 g/mol. The Balaban J connectivity index is 1.67. The molecule has 3 aliphatic rings. The normalized spacial score (nSPS) is 45.6. The molecule has 1 saturated heterocycles. The maximum atomic E-state index is 9.82. The fourth-order valence-electron chi connectivity index (χ4n) is 4.39. The third-order valence-electron chi connectivity index (χ3n) is 5.12. The summed E-state index contributed by atoms with van der Waals surface area (Å²) in [6, 6.07) is 1.58. The highest BCUT2D eigenvalue weighted by molar-refractivity contribution is 4.93. The second-order valence-electron chi connectivity index (χ2n) is 6.11. The molecule has 0 bridgehead atoms. The molecule has 1 heterocycles. The lowest BCUT2D eigenvalue weighted by molar-refractivity contribution is 0.0118. The second kappa shape index (κ2) is 4.66. The maximum absolute atomic E-state index is 9.82. The van der Waals surface area contributed by atoms with Crippen molar-refractivity contribution in [2.24, 2.45) is 5.92 Å². The lowest BCUT2D eigenvalue weighted by atomic mass is 9.85. The van der Waals surface area contributed by atoms with Gasteiger partial charge >= 0.3 is 0 Å². The fourth-order valence-corrected chi connectivity index (χ4v) is 4.39. The van der Waals surface area contributed by atoms with Crippen molar-refractivity contribution in [3.63, 3.8) is 0 Å². The van der Waals surface area contributed by atoms with Crippen molar-refractivity contribution in [2.75, 3.05) is 6.54 Å². The Kier molecular flexibility index (Phi) is 3.21. The van der Waals surface area contributed by atoms with E-state index < -0.39 is 0 Å². The molecule has 0 amide bonds. The Morgan fingerprint density at radius 3 is 2.56 bits per heavy atom. The molecule has 92 valence electrons. The number of aliphatic hydroxyl groups is 1. The Labute approximate surface area is 99.0 Å². The summed E-state index contributed by atoms with van der Waals surface area (Å²) in [6.45, 7) is 1.30. The van der Waals surface area contributed by atoms with Crippen molar-refractivity contribution in [2.45, 2.75) is 76.0 Å². The van der Waals surface area contributed by atoms with E-state index in [0.29, 0.717) is 6.04 Å². The highest BCUT2D eigenvalue weighted by atomic mass is 16.3. The van der Waals surface area contributed by atoms with Crippen molar-refractivity contribution < 1.29 is 5.11 Å². The molecule has 0 aromatic heterocycles. The molecule has 2 nitrogen and oxygen atoms in total. The Morgan fingerprint density at radius 2 is 1.69 bits per heavy atom. The zero-order valence-corrected chi connectivity index (χ0v) is 10.3. The molecule has 2 saturated carbocycles. The first kappa shape index (κ1) is 11.0. The van der Waals surface area contributed by atoms with Gasteiger partial charge in [-0.3, -0.25) is 4.90 Å². The van der Waals surface area contributed by atoms with Crippen molar-refractivity contribution in [3.05, 3.63) is 0 Å². The van der Waals surface area contributed by atoms with Crippen molar-refractivity contribution >= 4 is 0 Å². The number of hydrogen-bond acceptors (Lipinski definition) is 2. The first-order chi connectivity index (χ1) is 7.84. The van der Waals surface area contributed by atoms with E-state index in [-0.39, 0.29) is 6.10 Å². The van der Waals surface area contributed by atoms with Gasteiger partial charge in [0.05, 0.1) is 6.10 Å². The molecule has 1 N–H and O–H groups in total. The summed E-state index contributed by atoms with van der Waals surface area (Å²) in [4.78, 5) is 2.78. The minimum atomic E-state index is -0.0134. The van der Waals surface area contributed by atoms with E-state index in [2.05, 4.69) is 4.90 Å². The third kappa shape index (κ3) is 2.02. The van der Waals surface area contributed by atoms with Crippen LogP contribution in [0.25, 0.3) is 0 Å². The molecule has 1 aliphatic heterocycles. The van der Waals surface area contributed by atoms with Crippen LogP contribution in [-0.2, 0) is 0 Å². The van der Waals surface area contributed by atoms with Gasteiger partial charge in [0.1, 0.15) is 0 Å². The van der Waals surface area contributed by atoms with Gasteiger partial charge in [0.15, 0.2) is 0 Å². The predicted molar refractivity (Wildman–Crippen MR) is 65.3 cm³/mol. The number of aliphatic hydroxyl groups excluding tert-OH is 1. The molecule has 4 unspecified atom stereocenters. The van der Waals surface area contributed by atoms with Gasteiger partial charge in [0.2, 0.25) is 0 Å². The second-order valence-corrected chi connectivity index (χ2v) is 6.11. The standard InChI is InChI=1S/C14H25NO/c16-13-7-2-6-12(10-13)15-9-3-5-11-4-1-8-14(11)15/h11-14,16H,1-10H2. The van der Waals surface area contributed by atoms with Crippen LogP contribution in [0.4, 0.5) is 0 Å². The summed E-state index contributed by atoms with van der Waals surface area (Å²) in [5, 5.41) is 9.82. The van der Waals surface area contributed by atoms with Crippen LogP contribution in [0.3, 0.4) is 0 Å². The number of fused-ring (bicyclic) bond motifs is 1. The number of piperidine rings is 1. The largest absolute Gasteiger partial charge is 0.393 e. The van der Waals surface area contributed by atoms with Crippen LogP contribution in [0.2, 0.25) is 0 Å². The molecule has 3 rings (SSSR count). The average molecular weight is 223 g/mol. The van der Waals surface area contributed by atoms with Gasteiger partial charge in [-0.1, -0.05) is 6.42 Å². The molecule has 3 fully saturated rings. The first-order valence-electron chi connectivity index (χ1n) is 7.28. The minimum absolute atomic E-state index is 0.0134. The summed E-state index contributed by atoms with van der Waals surface area (Å²) in [5.41, 5.74) is 0. The fraction of sp³-hybridized carbons (Fsp3) is 1.00. The number of likely N-dealkylation sites (tertiary alicyclic amines) is 1. The van der Waals surface area contributed by atoms with Crippen LogP contribution in [0.15, 0.2) is 0 Å². The van der Waals surface area contributed by atoms with Gasteiger partial charge in [0, 0.05) is 12.1 Å². The summed E-state index contributed by atoms with van der Waals surface area (Å²) in [5.74, 6) is 0.993. The quantitative estimate of drug-likeness (QED) is 0.738. The number of hydrogen-bond donors (Lipinski definition) is 1. The molecule has 4 atom stereocenters. The SMILES string of the molecule is OC1CCCC(N2CCCC3CCCC32)C1. The summed E-state index contributed by atoms with van der Waals surface area (Å²) in [6.07, 6.45) is 11.8.